The van der Waals surface area contributed by atoms with Crippen LogP contribution in [0, 0.1) is 0 Å². The Bertz CT molecular complexity index is 1440. The number of anilines is 1. The molecule has 0 aliphatic carbocycles. The van der Waals surface area contributed by atoms with Crippen molar-refractivity contribution < 1.29 is 34.2 Å². The Labute approximate surface area is 222 Å². The van der Waals surface area contributed by atoms with Crippen LogP contribution >= 0.6 is 0 Å². The molecule has 11 heteroatoms. The summed E-state index contributed by atoms with van der Waals surface area (Å²) in [5, 5.41) is 23.4. The third kappa shape index (κ3) is 6.34. The molecule has 39 heavy (non-hydrogen) atoms. The van der Waals surface area contributed by atoms with Crippen LogP contribution in [0.4, 0.5) is 5.69 Å². The minimum absolute atomic E-state index is 0.0364. The van der Waals surface area contributed by atoms with Crippen LogP contribution in [0.15, 0.2) is 83.9 Å². The highest BCUT2D eigenvalue weighted by Crippen LogP contribution is 2.28. The number of aliphatic imine (C=N–C) groups is 1. The van der Waals surface area contributed by atoms with Gasteiger partial charge in [0, 0.05) is 16.7 Å². The molecular weight excluding hydrogens is 504 g/mol. The van der Waals surface area contributed by atoms with Crippen LogP contribution in [0.25, 0.3) is 0 Å². The van der Waals surface area contributed by atoms with Crippen molar-refractivity contribution >= 4 is 41.4 Å². The minimum Gasteiger partial charge on any atom is -0.508 e. The average Bonchev–Trinajstić information content (AvgIpc) is 3.04. The van der Waals surface area contributed by atoms with Crippen LogP contribution in [0.5, 0.6) is 5.75 Å². The fourth-order valence-corrected chi connectivity index (χ4v) is 4.05. The molecule has 3 aromatic carbocycles. The molecule has 0 saturated carbocycles. The van der Waals surface area contributed by atoms with E-state index in [1.165, 1.54) is 24.3 Å². The second-order valence-corrected chi connectivity index (χ2v) is 8.62. The van der Waals surface area contributed by atoms with E-state index in [9.17, 15) is 29.1 Å². The zero-order valence-corrected chi connectivity index (χ0v) is 20.5. The first kappa shape index (κ1) is 26.7. The SMILES string of the molecule is O=CC(CC(=O)O)NC(=O)CN1C(=O)C(NC(=O)c2ccc(O)cc2)N=C(c2ccccc2)c2ccccc21. The Balaban J connectivity index is 1.73. The number of nitrogens with zero attached hydrogens (tertiary/aromatic N) is 2. The molecule has 1 aliphatic rings. The number of rotatable bonds is 9. The van der Waals surface area contributed by atoms with Gasteiger partial charge in [-0.25, -0.2) is 4.99 Å². The number of aromatic hydroxyl groups is 1. The van der Waals surface area contributed by atoms with Gasteiger partial charge in [0.25, 0.3) is 11.8 Å². The summed E-state index contributed by atoms with van der Waals surface area (Å²) in [6.45, 7) is -0.566. The zero-order valence-electron chi connectivity index (χ0n) is 20.5. The molecule has 1 heterocycles. The minimum atomic E-state index is -1.44. The number of amides is 3. The monoisotopic (exact) mass is 528 g/mol. The van der Waals surface area contributed by atoms with Gasteiger partial charge in [0.15, 0.2) is 0 Å². The number of hydrogen-bond donors (Lipinski definition) is 4. The van der Waals surface area contributed by atoms with Crippen molar-refractivity contribution in [3.63, 3.8) is 0 Å². The molecule has 0 fully saturated rings. The largest absolute Gasteiger partial charge is 0.508 e. The fourth-order valence-electron chi connectivity index (χ4n) is 4.05. The number of carboxylic acid groups (broad SMARTS) is 1. The van der Waals surface area contributed by atoms with Gasteiger partial charge in [0.05, 0.1) is 23.9 Å². The van der Waals surface area contributed by atoms with Gasteiger partial charge in [-0.15, -0.1) is 0 Å². The number of nitrogens with one attached hydrogen (secondary N) is 2. The number of benzene rings is 3. The van der Waals surface area contributed by atoms with Crippen molar-refractivity contribution in [3.8, 4) is 5.75 Å². The average molecular weight is 529 g/mol. The van der Waals surface area contributed by atoms with Crippen molar-refractivity contribution in [1.82, 2.24) is 10.6 Å². The summed E-state index contributed by atoms with van der Waals surface area (Å²) >= 11 is 0. The Hall–Kier alpha value is -5.32. The van der Waals surface area contributed by atoms with Gasteiger partial charge >= 0.3 is 5.97 Å². The number of carbonyl (C=O) groups excluding carboxylic acids is 4. The van der Waals surface area contributed by atoms with Gasteiger partial charge in [-0.3, -0.25) is 24.1 Å². The maximum Gasteiger partial charge on any atom is 0.305 e. The number of aliphatic carboxylic acids is 1. The zero-order chi connectivity index (χ0) is 27.9. The quantitative estimate of drug-likeness (QED) is 0.305. The highest BCUT2D eigenvalue weighted by molar-refractivity contribution is 6.21. The van der Waals surface area contributed by atoms with Gasteiger partial charge < -0.3 is 25.6 Å². The highest BCUT2D eigenvalue weighted by Gasteiger charge is 2.34. The van der Waals surface area contributed by atoms with Crippen LogP contribution in [0.2, 0.25) is 0 Å². The van der Waals surface area contributed by atoms with Crippen LogP contribution in [0.3, 0.4) is 0 Å². The second kappa shape index (κ2) is 11.8. The number of carbonyl (C=O) groups is 5. The summed E-state index contributed by atoms with van der Waals surface area (Å²) in [5.74, 6) is -3.45. The number of para-hydroxylation sites is 1. The van der Waals surface area contributed by atoms with E-state index in [0.717, 1.165) is 4.90 Å². The molecule has 2 unspecified atom stereocenters. The lowest BCUT2D eigenvalue weighted by Gasteiger charge is -2.25. The molecule has 4 N–H and O–H groups in total. The van der Waals surface area contributed by atoms with Gasteiger partial charge in [0.1, 0.15) is 18.6 Å². The van der Waals surface area contributed by atoms with E-state index in [0.29, 0.717) is 28.8 Å². The van der Waals surface area contributed by atoms with E-state index in [4.69, 9.17) is 5.11 Å². The lowest BCUT2D eigenvalue weighted by Crippen LogP contribution is -2.51. The van der Waals surface area contributed by atoms with Crippen LogP contribution in [-0.4, -0.2) is 64.7 Å². The van der Waals surface area contributed by atoms with Crippen LogP contribution in [0.1, 0.15) is 27.9 Å². The molecule has 3 aromatic rings. The Morgan fingerprint density at radius 1 is 0.974 bits per heavy atom. The molecule has 0 bridgehead atoms. The number of phenolic OH excluding ortho intramolecular Hbond substituents is 1. The van der Waals surface area contributed by atoms with Crippen LogP contribution < -0.4 is 15.5 Å². The molecule has 0 spiro atoms. The molecule has 4 rings (SSSR count). The first-order valence-electron chi connectivity index (χ1n) is 11.9. The molecule has 0 saturated heterocycles. The highest BCUT2D eigenvalue weighted by atomic mass is 16.4. The summed E-state index contributed by atoms with van der Waals surface area (Å²) in [5.41, 5.74) is 2.09. The van der Waals surface area contributed by atoms with Crippen molar-refractivity contribution in [2.24, 2.45) is 4.99 Å². The lowest BCUT2D eigenvalue weighted by atomic mass is 10.0. The molecule has 0 radical (unpaired) electrons. The Morgan fingerprint density at radius 2 is 1.64 bits per heavy atom. The van der Waals surface area contributed by atoms with Gasteiger partial charge in [-0.1, -0.05) is 48.5 Å². The Kier molecular flexibility index (Phi) is 8.10. The van der Waals surface area contributed by atoms with E-state index in [-0.39, 0.29) is 11.3 Å². The number of benzodiazepines with no additional fused rings is 1. The summed E-state index contributed by atoms with van der Waals surface area (Å²) in [7, 11) is 0. The van der Waals surface area contributed by atoms with Crippen molar-refractivity contribution in [3.05, 3.63) is 95.6 Å². The standard InChI is InChI=1S/C28H24N4O7/c33-16-19(14-24(36)37)29-23(35)15-32-22-9-5-4-8-21(22)25(17-6-2-1-3-7-17)30-26(28(32)39)31-27(38)18-10-12-20(34)13-11-18/h1-13,16,19,26,34H,14-15H2,(H,29,35)(H,31,38)(H,36,37). The van der Waals surface area contributed by atoms with E-state index in [2.05, 4.69) is 15.6 Å². The molecule has 198 valence electrons. The molecule has 1 aliphatic heterocycles. The van der Waals surface area contributed by atoms with E-state index in [1.54, 1.807) is 48.5 Å². The number of phenols is 1. The molecule has 2 atom stereocenters. The molecular formula is C28H24N4O7. The lowest BCUT2D eigenvalue weighted by molar-refractivity contribution is -0.138. The Morgan fingerprint density at radius 3 is 2.31 bits per heavy atom. The number of carboxylic acids is 1. The summed E-state index contributed by atoms with van der Waals surface area (Å²) in [4.78, 5) is 67.7. The van der Waals surface area contributed by atoms with E-state index >= 15 is 0 Å². The molecule has 0 aromatic heterocycles. The molecule has 11 nitrogen and oxygen atoms in total. The van der Waals surface area contributed by atoms with Gasteiger partial charge in [-0.05, 0) is 30.3 Å². The van der Waals surface area contributed by atoms with Gasteiger partial charge in [0.2, 0.25) is 12.1 Å². The van der Waals surface area contributed by atoms with Crippen LogP contribution in [-0.2, 0) is 19.2 Å². The third-order valence-corrected chi connectivity index (χ3v) is 5.86. The molecule has 3 amide bonds. The third-order valence-electron chi connectivity index (χ3n) is 5.86. The number of aldehydes is 1. The first-order valence-corrected chi connectivity index (χ1v) is 11.9. The summed E-state index contributed by atoms with van der Waals surface area (Å²) in [6.07, 6.45) is -1.75. The second-order valence-electron chi connectivity index (χ2n) is 8.62. The maximum atomic E-state index is 13.8. The number of fused-ring (bicyclic) bond motifs is 1. The topological polar surface area (TPSA) is 165 Å². The summed E-state index contributed by atoms with van der Waals surface area (Å²) in [6, 6.07) is 19.9. The maximum absolute atomic E-state index is 13.8. The predicted octanol–water partition coefficient (Wildman–Crippen LogP) is 1.49. The fraction of sp³-hybridized carbons (Fsp3) is 0.143. The smallest absolute Gasteiger partial charge is 0.305 e. The summed E-state index contributed by atoms with van der Waals surface area (Å²) < 4.78 is 0. The predicted molar refractivity (Wildman–Crippen MR) is 140 cm³/mol. The van der Waals surface area contributed by atoms with E-state index < -0.39 is 48.9 Å². The number of hydrogen-bond acceptors (Lipinski definition) is 7. The first-order chi connectivity index (χ1) is 18.8. The van der Waals surface area contributed by atoms with Gasteiger partial charge in [-0.2, -0.15) is 0 Å². The van der Waals surface area contributed by atoms with Crippen molar-refractivity contribution in [2.75, 3.05) is 11.4 Å². The normalized spacial score (nSPS) is 15.3. The van der Waals surface area contributed by atoms with E-state index in [1.807, 2.05) is 6.07 Å². The van der Waals surface area contributed by atoms with Crippen molar-refractivity contribution in [1.29, 1.82) is 0 Å². The van der Waals surface area contributed by atoms with Crippen molar-refractivity contribution in [2.45, 2.75) is 18.6 Å².